The van der Waals surface area contributed by atoms with Gasteiger partial charge in [0.2, 0.25) is 5.95 Å². The molecule has 4 aromatic rings. The van der Waals surface area contributed by atoms with Gasteiger partial charge in [0.25, 0.3) is 0 Å². The quantitative estimate of drug-likeness (QED) is 0.602. The number of anilines is 1. The van der Waals surface area contributed by atoms with Crippen molar-refractivity contribution in [3.63, 3.8) is 0 Å². The Hall–Kier alpha value is -3.36. The first kappa shape index (κ1) is 15.2. The molecule has 0 aliphatic heterocycles. The first-order valence-corrected chi connectivity index (χ1v) is 7.18. The van der Waals surface area contributed by atoms with Gasteiger partial charge in [-0.15, -0.1) is 18.3 Å². The third kappa shape index (κ3) is 2.69. The maximum atomic E-state index is 12.6. The molecule has 0 saturated heterocycles. The van der Waals surface area contributed by atoms with E-state index >= 15 is 0 Å². The van der Waals surface area contributed by atoms with E-state index in [4.69, 9.17) is 5.73 Å². The average Bonchev–Trinajstić information content (AvgIpc) is 3.00. The molecule has 0 bridgehead atoms. The number of rotatable bonds is 2. The first-order valence-electron chi connectivity index (χ1n) is 7.18. The molecular formula is C16H10F3N5O. The van der Waals surface area contributed by atoms with Gasteiger partial charge in [-0.25, -0.2) is 9.97 Å². The van der Waals surface area contributed by atoms with Crippen molar-refractivity contribution in [1.29, 1.82) is 0 Å². The molecule has 0 unspecified atom stereocenters. The Balaban J connectivity index is 1.95. The van der Waals surface area contributed by atoms with Crippen LogP contribution in [0.5, 0.6) is 5.75 Å². The summed E-state index contributed by atoms with van der Waals surface area (Å²) in [7, 11) is 0. The minimum absolute atomic E-state index is 0.0599. The van der Waals surface area contributed by atoms with Crippen molar-refractivity contribution in [2.24, 2.45) is 0 Å². The van der Waals surface area contributed by atoms with Crippen LogP contribution >= 0.6 is 0 Å². The summed E-state index contributed by atoms with van der Waals surface area (Å²) in [6, 6.07) is 12.8. The zero-order chi connectivity index (χ0) is 17.6. The summed E-state index contributed by atoms with van der Waals surface area (Å²) in [5, 5.41) is 4.88. The fraction of sp³-hybridized carbons (Fsp3) is 0.0625. The molecule has 2 aromatic carbocycles. The first-order chi connectivity index (χ1) is 11.9. The molecule has 0 amide bonds. The van der Waals surface area contributed by atoms with Gasteiger partial charge in [0, 0.05) is 5.39 Å². The number of nitrogens with zero attached hydrogens (tertiary/aromatic N) is 4. The molecule has 2 aromatic heterocycles. The lowest BCUT2D eigenvalue weighted by Gasteiger charge is -2.11. The summed E-state index contributed by atoms with van der Waals surface area (Å²) >= 11 is 0. The Labute approximate surface area is 138 Å². The second-order valence-electron chi connectivity index (χ2n) is 5.20. The lowest BCUT2D eigenvalue weighted by Crippen LogP contribution is -2.17. The molecular weight excluding hydrogens is 335 g/mol. The molecule has 2 heterocycles. The molecule has 4 rings (SSSR count). The van der Waals surface area contributed by atoms with Gasteiger partial charge in [-0.2, -0.15) is 4.52 Å². The SMILES string of the molecule is Nc1nc2ccccc2c2nc(-c3ccccc3OC(F)(F)F)nn12. The van der Waals surface area contributed by atoms with Crippen molar-refractivity contribution < 1.29 is 17.9 Å². The Morgan fingerprint density at radius 2 is 1.68 bits per heavy atom. The molecule has 0 atom stereocenters. The lowest BCUT2D eigenvalue weighted by atomic mass is 10.2. The third-order valence-corrected chi connectivity index (χ3v) is 3.56. The highest BCUT2D eigenvalue weighted by atomic mass is 19.4. The summed E-state index contributed by atoms with van der Waals surface area (Å²) in [5.74, 6) is -0.242. The zero-order valence-electron chi connectivity index (χ0n) is 12.5. The van der Waals surface area contributed by atoms with Gasteiger partial charge in [-0.3, -0.25) is 0 Å². The van der Waals surface area contributed by atoms with Gasteiger partial charge in [0.15, 0.2) is 11.5 Å². The number of fused-ring (bicyclic) bond motifs is 3. The molecule has 0 spiro atoms. The van der Waals surface area contributed by atoms with Crippen LogP contribution in [0.25, 0.3) is 27.9 Å². The van der Waals surface area contributed by atoms with Crippen molar-refractivity contribution in [3.05, 3.63) is 48.5 Å². The molecule has 2 N–H and O–H groups in total. The molecule has 0 radical (unpaired) electrons. The fourth-order valence-corrected chi connectivity index (χ4v) is 2.56. The highest BCUT2D eigenvalue weighted by Crippen LogP contribution is 2.33. The third-order valence-electron chi connectivity index (χ3n) is 3.56. The molecule has 126 valence electrons. The van der Waals surface area contributed by atoms with E-state index in [2.05, 4.69) is 19.8 Å². The van der Waals surface area contributed by atoms with Crippen LogP contribution in [0, 0.1) is 0 Å². The van der Waals surface area contributed by atoms with E-state index in [9.17, 15) is 13.2 Å². The summed E-state index contributed by atoms with van der Waals surface area (Å²) in [5.41, 5.74) is 7.01. The van der Waals surface area contributed by atoms with Gasteiger partial charge >= 0.3 is 6.36 Å². The Morgan fingerprint density at radius 1 is 0.960 bits per heavy atom. The zero-order valence-corrected chi connectivity index (χ0v) is 12.5. The fourth-order valence-electron chi connectivity index (χ4n) is 2.56. The highest BCUT2D eigenvalue weighted by Gasteiger charge is 2.32. The Kier molecular flexibility index (Phi) is 3.24. The van der Waals surface area contributed by atoms with Crippen LogP contribution < -0.4 is 10.5 Å². The van der Waals surface area contributed by atoms with Gasteiger partial charge in [0.05, 0.1) is 11.1 Å². The number of hydrogen-bond donors (Lipinski definition) is 1. The van der Waals surface area contributed by atoms with Crippen LogP contribution in [0.15, 0.2) is 48.5 Å². The smallest absolute Gasteiger partial charge is 0.405 e. The van der Waals surface area contributed by atoms with E-state index < -0.39 is 6.36 Å². The van der Waals surface area contributed by atoms with E-state index in [0.29, 0.717) is 16.6 Å². The maximum absolute atomic E-state index is 12.6. The second-order valence-corrected chi connectivity index (χ2v) is 5.20. The highest BCUT2D eigenvalue weighted by molar-refractivity contribution is 5.92. The van der Waals surface area contributed by atoms with E-state index in [1.807, 2.05) is 0 Å². The van der Waals surface area contributed by atoms with Crippen LogP contribution in [0.4, 0.5) is 19.1 Å². The summed E-state index contributed by atoms with van der Waals surface area (Å²) in [4.78, 5) is 8.57. The maximum Gasteiger partial charge on any atom is 0.573 e. The van der Waals surface area contributed by atoms with Crippen LogP contribution in [-0.4, -0.2) is 25.9 Å². The Bertz CT molecular complexity index is 1090. The lowest BCUT2D eigenvalue weighted by molar-refractivity contribution is -0.274. The van der Waals surface area contributed by atoms with Crippen LogP contribution in [0.1, 0.15) is 0 Å². The van der Waals surface area contributed by atoms with Crippen molar-refractivity contribution in [2.75, 3.05) is 5.73 Å². The minimum Gasteiger partial charge on any atom is -0.405 e. The topological polar surface area (TPSA) is 78.3 Å². The van der Waals surface area contributed by atoms with E-state index in [1.165, 1.54) is 22.7 Å². The van der Waals surface area contributed by atoms with Gasteiger partial charge in [-0.05, 0) is 24.3 Å². The van der Waals surface area contributed by atoms with Crippen molar-refractivity contribution in [3.8, 4) is 17.1 Å². The van der Waals surface area contributed by atoms with Crippen LogP contribution in [-0.2, 0) is 0 Å². The number of para-hydroxylation sites is 2. The molecule has 25 heavy (non-hydrogen) atoms. The second kappa shape index (κ2) is 5.33. The van der Waals surface area contributed by atoms with Crippen LogP contribution in [0.2, 0.25) is 0 Å². The number of nitrogen functional groups attached to an aromatic ring is 1. The van der Waals surface area contributed by atoms with Crippen LogP contribution in [0.3, 0.4) is 0 Å². The molecule has 6 nitrogen and oxygen atoms in total. The monoisotopic (exact) mass is 345 g/mol. The van der Waals surface area contributed by atoms with E-state index in [-0.39, 0.29) is 23.1 Å². The van der Waals surface area contributed by atoms with E-state index in [0.717, 1.165) is 0 Å². The normalized spacial score (nSPS) is 12.0. The van der Waals surface area contributed by atoms with Gasteiger partial charge < -0.3 is 10.5 Å². The summed E-state index contributed by atoms with van der Waals surface area (Å²) in [6.07, 6.45) is -4.82. The predicted molar refractivity (Wildman–Crippen MR) is 84.8 cm³/mol. The number of hydrogen-bond acceptors (Lipinski definition) is 5. The van der Waals surface area contributed by atoms with Crippen molar-refractivity contribution in [2.45, 2.75) is 6.36 Å². The number of alkyl halides is 3. The van der Waals surface area contributed by atoms with Gasteiger partial charge in [-0.1, -0.05) is 24.3 Å². The van der Waals surface area contributed by atoms with Crippen molar-refractivity contribution >= 4 is 22.5 Å². The summed E-state index contributed by atoms with van der Waals surface area (Å²) < 4.78 is 43.2. The number of benzene rings is 2. The molecule has 0 fully saturated rings. The number of halogens is 3. The molecule has 0 aliphatic rings. The molecule has 9 heteroatoms. The minimum atomic E-state index is -4.82. The van der Waals surface area contributed by atoms with Crippen molar-refractivity contribution in [1.82, 2.24) is 19.6 Å². The molecule has 0 aliphatic carbocycles. The van der Waals surface area contributed by atoms with Gasteiger partial charge in [0.1, 0.15) is 5.75 Å². The standard InChI is InChI=1S/C16H10F3N5O/c17-16(18,19)25-12-8-4-2-6-10(12)13-22-14-9-5-1-3-7-11(9)21-15(20)24(14)23-13/h1-8H,(H2,20,21). The average molecular weight is 345 g/mol. The molecule has 0 saturated carbocycles. The predicted octanol–water partition coefficient (Wildman–Crippen LogP) is 3.43. The largest absolute Gasteiger partial charge is 0.573 e. The number of ether oxygens (including phenoxy) is 1. The number of aromatic nitrogens is 4. The number of nitrogens with two attached hydrogens (primary N) is 1. The summed E-state index contributed by atoms with van der Waals surface area (Å²) in [6.45, 7) is 0. The van der Waals surface area contributed by atoms with E-state index in [1.54, 1.807) is 30.3 Å². The Morgan fingerprint density at radius 3 is 2.48 bits per heavy atom.